The van der Waals surface area contributed by atoms with Crippen LogP contribution in [-0.2, 0) is 6.54 Å². The Kier molecular flexibility index (Phi) is 2.94. The highest BCUT2D eigenvalue weighted by Crippen LogP contribution is 2.22. The monoisotopic (exact) mass is 273 g/mol. The number of nitrogens with zero attached hydrogens (tertiary/aromatic N) is 3. The van der Waals surface area contributed by atoms with Crippen LogP contribution in [0.25, 0.3) is 10.9 Å². The second-order valence-electron chi connectivity index (χ2n) is 4.37. The normalized spacial score (nSPS) is 10.9. The van der Waals surface area contributed by atoms with Crippen LogP contribution in [0.3, 0.4) is 0 Å². The minimum Gasteiger partial charge on any atom is -0.368 e. The molecule has 7 heteroatoms. The molecule has 3 N–H and O–H groups in total. The average molecular weight is 273 g/mol. The Labute approximate surface area is 113 Å². The number of aromatic nitrogens is 3. The first-order valence-corrected chi connectivity index (χ1v) is 6.00. The van der Waals surface area contributed by atoms with Gasteiger partial charge in [-0.15, -0.1) is 0 Å². The van der Waals surface area contributed by atoms with E-state index >= 15 is 0 Å². The van der Waals surface area contributed by atoms with Crippen molar-refractivity contribution >= 4 is 22.7 Å². The second-order valence-corrected chi connectivity index (χ2v) is 4.37. The van der Waals surface area contributed by atoms with E-state index in [1.807, 2.05) is 13.0 Å². The third-order valence-electron chi connectivity index (χ3n) is 2.79. The van der Waals surface area contributed by atoms with Crippen molar-refractivity contribution in [3.63, 3.8) is 0 Å². The van der Waals surface area contributed by atoms with Crippen molar-refractivity contribution < 1.29 is 8.91 Å². The van der Waals surface area contributed by atoms with E-state index in [1.165, 1.54) is 12.1 Å². The number of hydrogen-bond donors (Lipinski definition) is 2. The van der Waals surface area contributed by atoms with Gasteiger partial charge in [0.2, 0.25) is 5.95 Å². The van der Waals surface area contributed by atoms with Crippen molar-refractivity contribution in [2.45, 2.75) is 13.5 Å². The van der Waals surface area contributed by atoms with Gasteiger partial charge in [-0.05, 0) is 19.1 Å². The molecule has 0 aliphatic heterocycles. The molecule has 2 aromatic heterocycles. The summed E-state index contributed by atoms with van der Waals surface area (Å²) in [6.07, 6.45) is 0. The lowest BCUT2D eigenvalue weighted by Gasteiger charge is -2.08. The SMILES string of the molecule is Cc1cc(CNc2nc(N)nc3cc(F)ccc23)no1. The molecule has 0 aliphatic rings. The van der Waals surface area contributed by atoms with E-state index in [4.69, 9.17) is 10.3 Å². The Balaban J connectivity index is 1.94. The maximum Gasteiger partial charge on any atom is 0.222 e. The number of rotatable bonds is 3. The number of halogens is 1. The van der Waals surface area contributed by atoms with E-state index in [9.17, 15) is 4.39 Å². The van der Waals surface area contributed by atoms with Crippen LogP contribution in [0.5, 0.6) is 0 Å². The number of nitrogens with two attached hydrogens (primary N) is 1. The van der Waals surface area contributed by atoms with Crippen molar-refractivity contribution in [3.8, 4) is 0 Å². The van der Waals surface area contributed by atoms with E-state index in [0.29, 0.717) is 23.3 Å². The van der Waals surface area contributed by atoms with Gasteiger partial charge in [0.05, 0.1) is 12.1 Å². The molecule has 0 amide bonds. The zero-order chi connectivity index (χ0) is 14.1. The van der Waals surface area contributed by atoms with Crippen molar-refractivity contribution in [2.24, 2.45) is 0 Å². The quantitative estimate of drug-likeness (QED) is 0.760. The highest BCUT2D eigenvalue weighted by molar-refractivity contribution is 5.89. The van der Waals surface area contributed by atoms with Crippen molar-refractivity contribution in [2.75, 3.05) is 11.1 Å². The molecule has 0 saturated heterocycles. The average Bonchev–Trinajstić information content (AvgIpc) is 2.81. The molecule has 0 radical (unpaired) electrons. The van der Waals surface area contributed by atoms with Gasteiger partial charge in [0.15, 0.2) is 0 Å². The fourth-order valence-corrected chi connectivity index (χ4v) is 1.93. The molecule has 3 aromatic rings. The summed E-state index contributed by atoms with van der Waals surface area (Å²) in [6.45, 7) is 2.25. The number of fused-ring (bicyclic) bond motifs is 1. The molecular weight excluding hydrogens is 261 g/mol. The molecular formula is C13H12FN5O. The minimum absolute atomic E-state index is 0.0851. The molecule has 0 saturated carbocycles. The number of nitrogens with one attached hydrogen (secondary N) is 1. The van der Waals surface area contributed by atoms with Crippen molar-refractivity contribution in [1.82, 2.24) is 15.1 Å². The number of aryl methyl sites for hydroxylation is 1. The predicted octanol–water partition coefficient (Wildman–Crippen LogP) is 2.26. The molecule has 102 valence electrons. The third kappa shape index (κ3) is 2.37. The lowest BCUT2D eigenvalue weighted by Crippen LogP contribution is -2.05. The smallest absolute Gasteiger partial charge is 0.222 e. The van der Waals surface area contributed by atoms with Crippen LogP contribution < -0.4 is 11.1 Å². The fourth-order valence-electron chi connectivity index (χ4n) is 1.93. The molecule has 2 heterocycles. The first-order chi connectivity index (χ1) is 9.61. The van der Waals surface area contributed by atoms with Gasteiger partial charge in [-0.25, -0.2) is 9.37 Å². The van der Waals surface area contributed by atoms with Gasteiger partial charge >= 0.3 is 0 Å². The van der Waals surface area contributed by atoms with Gasteiger partial charge in [0, 0.05) is 17.5 Å². The highest BCUT2D eigenvalue weighted by atomic mass is 19.1. The number of benzene rings is 1. The Morgan fingerprint density at radius 1 is 1.30 bits per heavy atom. The van der Waals surface area contributed by atoms with Gasteiger partial charge < -0.3 is 15.6 Å². The predicted molar refractivity (Wildman–Crippen MR) is 72.5 cm³/mol. The van der Waals surface area contributed by atoms with Crippen LogP contribution in [0.1, 0.15) is 11.5 Å². The van der Waals surface area contributed by atoms with E-state index < -0.39 is 0 Å². The highest BCUT2D eigenvalue weighted by Gasteiger charge is 2.08. The summed E-state index contributed by atoms with van der Waals surface area (Å²) in [6, 6.07) is 6.10. The standard InChI is InChI=1S/C13H12FN5O/c1-7-4-9(19-20-7)6-16-12-10-3-2-8(14)5-11(10)17-13(15)18-12/h2-5H,6H2,1H3,(H3,15,16,17,18). The lowest BCUT2D eigenvalue weighted by molar-refractivity contribution is 0.391. The van der Waals surface area contributed by atoms with Gasteiger partial charge in [-0.3, -0.25) is 0 Å². The topological polar surface area (TPSA) is 89.9 Å². The summed E-state index contributed by atoms with van der Waals surface area (Å²) in [5.74, 6) is 0.986. The molecule has 6 nitrogen and oxygen atoms in total. The van der Waals surface area contributed by atoms with Crippen LogP contribution in [0, 0.1) is 12.7 Å². The maximum atomic E-state index is 13.2. The minimum atomic E-state index is -0.367. The molecule has 1 aromatic carbocycles. The molecule has 0 bridgehead atoms. The Bertz CT molecular complexity index is 765. The zero-order valence-electron chi connectivity index (χ0n) is 10.7. The van der Waals surface area contributed by atoms with Gasteiger partial charge in [0.1, 0.15) is 23.1 Å². The molecule has 0 aliphatic carbocycles. The van der Waals surface area contributed by atoms with Crippen LogP contribution in [-0.4, -0.2) is 15.1 Å². The Morgan fingerprint density at radius 3 is 2.90 bits per heavy atom. The van der Waals surface area contributed by atoms with Crippen LogP contribution in [0.2, 0.25) is 0 Å². The second kappa shape index (κ2) is 4.76. The summed E-state index contributed by atoms with van der Waals surface area (Å²) in [5, 5.41) is 7.67. The summed E-state index contributed by atoms with van der Waals surface area (Å²) in [4.78, 5) is 8.14. The van der Waals surface area contributed by atoms with Crippen molar-refractivity contribution in [3.05, 3.63) is 41.5 Å². The van der Waals surface area contributed by atoms with Crippen LogP contribution in [0.4, 0.5) is 16.2 Å². The Hall–Kier alpha value is -2.70. The van der Waals surface area contributed by atoms with Crippen LogP contribution in [0.15, 0.2) is 28.8 Å². The first kappa shape index (κ1) is 12.3. The largest absolute Gasteiger partial charge is 0.368 e. The molecule has 0 unspecified atom stereocenters. The molecule has 20 heavy (non-hydrogen) atoms. The van der Waals surface area contributed by atoms with Gasteiger partial charge in [-0.1, -0.05) is 5.16 Å². The zero-order valence-corrected chi connectivity index (χ0v) is 10.7. The van der Waals surface area contributed by atoms with E-state index in [2.05, 4.69) is 20.4 Å². The van der Waals surface area contributed by atoms with Gasteiger partial charge in [-0.2, -0.15) is 4.98 Å². The van der Waals surface area contributed by atoms with E-state index in [1.54, 1.807) is 6.07 Å². The molecule has 3 rings (SSSR count). The summed E-state index contributed by atoms with van der Waals surface area (Å²) < 4.78 is 18.2. The lowest BCUT2D eigenvalue weighted by atomic mass is 10.2. The maximum absolute atomic E-state index is 13.2. The number of hydrogen-bond acceptors (Lipinski definition) is 6. The van der Waals surface area contributed by atoms with Crippen molar-refractivity contribution in [1.29, 1.82) is 0 Å². The van der Waals surface area contributed by atoms with Crippen LogP contribution >= 0.6 is 0 Å². The Morgan fingerprint density at radius 2 is 2.15 bits per heavy atom. The van der Waals surface area contributed by atoms with E-state index in [-0.39, 0.29) is 11.8 Å². The number of nitrogen functional groups attached to an aromatic ring is 1. The summed E-state index contributed by atoms with van der Waals surface area (Å²) in [5.41, 5.74) is 6.83. The summed E-state index contributed by atoms with van der Waals surface area (Å²) in [7, 11) is 0. The van der Waals surface area contributed by atoms with Gasteiger partial charge in [0.25, 0.3) is 0 Å². The number of anilines is 2. The first-order valence-electron chi connectivity index (χ1n) is 6.00. The molecule has 0 spiro atoms. The fraction of sp³-hybridized carbons (Fsp3) is 0.154. The molecule has 0 fully saturated rings. The van der Waals surface area contributed by atoms with E-state index in [0.717, 1.165) is 11.5 Å². The molecule has 0 atom stereocenters. The third-order valence-corrected chi connectivity index (χ3v) is 2.79. The summed E-state index contributed by atoms with van der Waals surface area (Å²) >= 11 is 0.